The third-order valence-electron chi connectivity index (χ3n) is 2.70. The van der Waals surface area contributed by atoms with Gasteiger partial charge in [0.15, 0.2) is 5.78 Å². The molecule has 3 aliphatic carbocycles. The molecule has 3 aliphatic rings. The van der Waals surface area contributed by atoms with Crippen molar-refractivity contribution in [2.75, 3.05) is 0 Å². The molecule has 72 valence electrons. The van der Waals surface area contributed by atoms with E-state index in [2.05, 4.69) is 0 Å². The third kappa shape index (κ3) is 1.02. The molecule has 0 saturated carbocycles. The molecule has 0 heterocycles. The Morgan fingerprint density at radius 2 is 1.80 bits per heavy atom. The highest BCUT2D eigenvalue weighted by Gasteiger charge is 2.24. The fraction of sp³-hybridized carbons (Fsp3) is 0. The van der Waals surface area contributed by atoms with Crippen LogP contribution in [0.1, 0.15) is 15.9 Å². The lowest BCUT2D eigenvalue weighted by molar-refractivity contribution is 0.105. The van der Waals surface area contributed by atoms with Gasteiger partial charge >= 0.3 is 0 Å². The van der Waals surface area contributed by atoms with E-state index in [9.17, 15) is 9.90 Å². The number of carbonyl (C=O) groups is 1. The van der Waals surface area contributed by atoms with E-state index < -0.39 is 0 Å². The lowest BCUT2D eigenvalue weighted by atomic mass is 10.1. The van der Waals surface area contributed by atoms with Crippen LogP contribution in [0.25, 0.3) is 17.2 Å². The van der Waals surface area contributed by atoms with Crippen LogP contribution in [0.2, 0.25) is 0 Å². The molecule has 0 aromatic carbocycles. The van der Waals surface area contributed by atoms with Gasteiger partial charge in [0.25, 0.3) is 0 Å². The number of aromatic hydroxyl groups is 1. The maximum absolute atomic E-state index is 11.6. The summed E-state index contributed by atoms with van der Waals surface area (Å²) in [5.74, 6) is 0.134. The van der Waals surface area contributed by atoms with Crippen LogP contribution >= 0.6 is 0 Å². The average Bonchev–Trinajstić information content (AvgIpc) is 2.69. The molecule has 0 aromatic heterocycles. The number of rotatable bonds is 0. The van der Waals surface area contributed by atoms with Crippen molar-refractivity contribution in [3.63, 3.8) is 0 Å². The number of hydrogen-bond acceptors (Lipinski definition) is 2. The molecule has 0 atom stereocenters. The Morgan fingerprint density at radius 1 is 1.00 bits per heavy atom. The summed E-state index contributed by atoms with van der Waals surface area (Å²) in [4.78, 5) is 11.6. The monoisotopic (exact) mass is 196 g/mol. The first-order valence-corrected chi connectivity index (χ1v) is 4.74. The Morgan fingerprint density at radius 3 is 2.67 bits per heavy atom. The van der Waals surface area contributed by atoms with Gasteiger partial charge in [-0.2, -0.15) is 0 Å². The topological polar surface area (TPSA) is 37.3 Å². The van der Waals surface area contributed by atoms with Crippen LogP contribution in [0.4, 0.5) is 0 Å². The zero-order chi connectivity index (χ0) is 10.4. The molecule has 0 radical (unpaired) electrons. The van der Waals surface area contributed by atoms with Crippen molar-refractivity contribution in [1.82, 2.24) is 0 Å². The number of fused-ring (bicyclic) bond motifs is 3. The summed E-state index contributed by atoms with van der Waals surface area (Å²) in [7, 11) is 0. The number of ketones is 1. The van der Waals surface area contributed by atoms with Crippen LogP contribution < -0.4 is 0 Å². The van der Waals surface area contributed by atoms with Crippen molar-refractivity contribution >= 4 is 11.9 Å². The maximum Gasteiger partial charge on any atom is 0.187 e. The summed E-state index contributed by atoms with van der Waals surface area (Å²) in [6.45, 7) is 0. The number of carbonyl (C=O) groups excluding carboxylic acids is 1. The Kier molecular flexibility index (Phi) is 1.48. The summed E-state index contributed by atoms with van der Waals surface area (Å²) in [5.41, 5.74) is 3.08. The van der Waals surface area contributed by atoms with Crippen molar-refractivity contribution in [3.8, 4) is 16.9 Å². The van der Waals surface area contributed by atoms with E-state index in [1.54, 1.807) is 18.2 Å². The second-order valence-electron chi connectivity index (χ2n) is 3.61. The smallest absolute Gasteiger partial charge is 0.187 e. The highest BCUT2D eigenvalue weighted by molar-refractivity contribution is 6.19. The summed E-state index contributed by atoms with van der Waals surface area (Å²) in [5, 5.41) is 9.82. The molecule has 0 aliphatic heterocycles. The van der Waals surface area contributed by atoms with Gasteiger partial charge in [0.05, 0.1) is 0 Å². The van der Waals surface area contributed by atoms with Gasteiger partial charge in [-0.05, 0) is 29.3 Å². The predicted molar refractivity (Wildman–Crippen MR) is 58.1 cm³/mol. The lowest BCUT2D eigenvalue weighted by Crippen LogP contribution is -1.90. The van der Waals surface area contributed by atoms with Crippen molar-refractivity contribution in [2.45, 2.75) is 0 Å². The van der Waals surface area contributed by atoms with E-state index in [1.165, 1.54) is 6.08 Å². The second-order valence-corrected chi connectivity index (χ2v) is 3.61. The highest BCUT2D eigenvalue weighted by atomic mass is 16.3. The van der Waals surface area contributed by atoms with Gasteiger partial charge in [0.1, 0.15) is 5.75 Å². The fourth-order valence-corrected chi connectivity index (χ4v) is 2.04. The Labute approximate surface area is 86.8 Å². The van der Waals surface area contributed by atoms with Gasteiger partial charge in [-0.15, -0.1) is 0 Å². The molecule has 2 heteroatoms. The molecule has 0 bridgehead atoms. The predicted octanol–water partition coefficient (Wildman–Crippen LogP) is 2.71. The molecule has 0 amide bonds. The molecular weight excluding hydrogens is 188 g/mol. The van der Waals surface area contributed by atoms with E-state index in [4.69, 9.17) is 0 Å². The van der Waals surface area contributed by atoms with Crippen LogP contribution in [0.15, 0.2) is 36.4 Å². The minimum Gasteiger partial charge on any atom is -0.507 e. The Balaban J connectivity index is 2.46. The van der Waals surface area contributed by atoms with Crippen LogP contribution in [0, 0.1) is 0 Å². The average molecular weight is 196 g/mol. The number of allylic oxidation sites excluding steroid dienone is 1. The van der Waals surface area contributed by atoms with Crippen molar-refractivity contribution < 1.29 is 9.90 Å². The molecule has 0 spiro atoms. The van der Waals surface area contributed by atoms with Gasteiger partial charge in [-0.25, -0.2) is 0 Å². The van der Waals surface area contributed by atoms with Gasteiger partial charge < -0.3 is 5.11 Å². The standard InChI is InChI=1S/C13H8O2/c14-10-4-2-1-3-8-7-9-5-6-11(15)13(9)12(8)10/h1-7,14H. The van der Waals surface area contributed by atoms with Crippen LogP contribution in [0.5, 0.6) is 5.75 Å². The largest absolute Gasteiger partial charge is 0.507 e. The fourth-order valence-electron chi connectivity index (χ4n) is 2.04. The molecule has 15 heavy (non-hydrogen) atoms. The van der Waals surface area contributed by atoms with Crippen molar-refractivity contribution in [3.05, 3.63) is 47.5 Å². The lowest BCUT2D eigenvalue weighted by Gasteiger charge is -1.98. The minimum atomic E-state index is -0.0264. The van der Waals surface area contributed by atoms with Crippen molar-refractivity contribution in [1.29, 1.82) is 0 Å². The molecule has 0 aromatic rings. The molecule has 3 rings (SSSR count). The molecule has 0 unspecified atom stereocenters. The Hall–Kier alpha value is -2.09. The summed E-state index contributed by atoms with van der Waals surface area (Å²) >= 11 is 0. The summed E-state index contributed by atoms with van der Waals surface area (Å²) < 4.78 is 0. The first kappa shape index (κ1) is 8.24. The SMILES string of the molecule is O=C1C=Cc2cc3ccccc(O)c-3c21. The van der Waals surface area contributed by atoms with Gasteiger partial charge in [0, 0.05) is 11.1 Å². The van der Waals surface area contributed by atoms with E-state index in [0.717, 1.165) is 11.1 Å². The quantitative estimate of drug-likeness (QED) is 0.703. The Bertz CT molecular complexity index is 567. The van der Waals surface area contributed by atoms with Crippen LogP contribution in [0.3, 0.4) is 0 Å². The van der Waals surface area contributed by atoms with Crippen LogP contribution in [-0.4, -0.2) is 10.9 Å². The first-order valence-electron chi connectivity index (χ1n) is 4.74. The maximum atomic E-state index is 11.6. The van der Waals surface area contributed by atoms with Crippen molar-refractivity contribution in [2.24, 2.45) is 0 Å². The van der Waals surface area contributed by atoms with E-state index >= 15 is 0 Å². The number of hydrogen-bond donors (Lipinski definition) is 1. The molecular formula is C13H8O2. The highest BCUT2D eigenvalue weighted by Crippen LogP contribution is 2.40. The van der Waals surface area contributed by atoms with E-state index in [0.29, 0.717) is 11.1 Å². The van der Waals surface area contributed by atoms with E-state index in [-0.39, 0.29) is 11.5 Å². The van der Waals surface area contributed by atoms with E-state index in [1.807, 2.05) is 18.2 Å². The van der Waals surface area contributed by atoms with Gasteiger partial charge in [0.2, 0.25) is 0 Å². The second kappa shape index (κ2) is 2.70. The molecule has 2 nitrogen and oxygen atoms in total. The zero-order valence-corrected chi connectivity index (χ0v) is 7.90. The molecule has 0 fully saturated rings. The van der Waals surface area contributed by atoms with Crippen LogP contribution in [-0.2, 0) is 0 Å². The van der Waals surface area contributed by atoms with Gasteiger partial charge in [-0.1, -0.05) is 24.3 Å². The third-order valence-corrected chi connectivity index (χ3v) is 2.70. The summed E-state index contributed by atoms with van der Waals surface area (Å²) in [6.07, 6.45) is 3.33. The molecule has 0 saturated heterocycles. The zero-order valence-electron chi connectivity index (χ0n) is 7.90. The first-order chi connectivity index (χ1) is 7.27. The summed E-state index contributed by atoms with van der Waals surface area (Å²) in [6, 6.07) is 9.04. The normalized spacial score (nSPS) is 13.5. The molecule has 1 N–H and O–H groups in total. The van der Waals surface area contributed by atoms with Gasteiger partial charge in [-0.3, -0.25) is 4.79 Å². The minimum absolute atomic E-state index is 0.0264.